The quantitative estimate of drug-likeness (QED) is 0.702. The Bertz CT molecular complexity index is 258. The number of hydrogen-bond donors (Lipinski definition) is 1. The third kappa shape index (κ3) is 3.47. The van der Waals surface area contributed by atoms with E-state index in [-0.39, 0.29) is 0 Å². The van der Waals surface area contributed by atoms with E-state index in [1.165, 1.54) is 0 Å². The highest BCUT2D eigenvalue weighted by atomic mass is 16.5. The molecule has 0 saturated carbocycles. The number of aromatic nitrogens is 2. The van der Waals surface area contributed by atoms with Crippen molar-refractivity contribution in [1.82, 2.24) is 9.78 Å². The second-order valence-electron chi connectivity index (χ2n) is 3.33. The fraction of sp³-hybridized carbons (Fsp3) is 0.700. The summed E-state index contributed by atoms with van der Waals surface area (Å²) in [5.74, 6) is 0. The molecule has 0 aliphatic rings. The van der Waals surface area contributed by atoms with Gasteiger partial charge in [0.1, 0.15) is 0 Å². The monoisotopic (exact) mass is 198 g/mol. The molecular formula is C10H18N2O2. The minimum absolute atomic E-state index is 0.444. The Morgan fingerprint density at radius 3 is 2.93 bits per heavy atom. The normalized spacial score (nSPS) is 13.1. The predicted molar refractivity (Wildman–Crippen MR) is 54.0 cm³/mol. The fourth-order valence-electron chi connectivity index (χ4n) is 1.12. The van der Waals surface area contributed by atoms with Crippen LogP contribution in [-0.2, 0) is 11.3 Å². The van der Waals surface area contributed by atoms with Crippen LogP contribution in [0.3, 0.4) is 0 Å². The zero-order valence-corrected chi connectivity index (χ0v) is 8.81. The van der Waals surface area contributed by atoms with E-state index in [1.54, 1.807) is 17.8 Å². The molecule has 1 aromatic rings. The van der Waals surface area contributed by atoms with E-state index in [0.717, 1.165) is 25.1 Å². The molecule has 1 heterocycles. The van der Waals surface area contributed by atoms with Gasteiger partial charge in [-0.15, -0.1) is 0 Å². The van der Waals surface area contributed by atoms with E-state index in [9.17, 15) is 5.11 Å². The molecule has 0 aliphatic carbocycles. The van der Waals surface area contributed by atoms with Crippen molar-refractivity contribution in [3.63, 3.8) is 0 Å². The summed E-state index contributed by atoms with van der Waals surface area (Å²) in [5.41, 5.74) is 0.848. The molecular weight excluding hydrogens is 180 g/mol. The van der Waals surface area contributed by atoms with Crippen LogP contribution in [0.5, 0.6) is 0 Å². The first kappa shape index (κ1) is 11.2. The van der Waals surface area contributed by atoms with E-state index in [4.69, 9.17) is 4.74 Å². The van der Waals surface area contributed by atoms with Crippen LogP contribution in [0.15, 0.2) is 12.4 Å². The van der Waals surface area contributed by atoms with Gasteiger partial charge in [-0.1, -0.05) is 6.92 Å². The maximum atomic E-state index is 9.26. The molecule has 0 spiro atoms. The summed E-state index contributed by atoms with van der Waals surface area (Å²) >= 11 is 0. The van der Waals surface area contributed by atoms with Crippen LogP contribution in [0, 0.1) is 0 Å². The number of hydrogen-bond acceptors (Lipinski definition) is 3. The molecule has 80 valence electrons. The standard InChI is InChI=1S/C10H18N2O2/c1-3-5-14-6-4-12-8-10(7-11-12)9(2)13/h7-9,13H,3-6H2,1-2H3. The molecule has 0 saturated heterocycles. The average molecular weight is 198 g/mol. The summed E-state index contributed by atoms with van der Waals surface area (Å²) < 4.78 is 7.12. The Kier molecular flexibility index (Phi) is 4.62. The average Bonchev–Trinajstić information content (AvgIpc) is 2.61. The van der Waals surface area contributed by atoms with Gasteiger partial charge in [-0.05, 0) is 13.3 Å². The lowest BCUT2D eigenvalue weighted by Gasteiger charge is -2.02. The summed E-state index contributed by atoms with van der Waals surface area (Å²) in [6.45, 7) is 6.03. The largest absolute Gasteiger partial charge is 0.389 e. The molecule has 0 fully saturated rings. The van der Waals surface area contributed by atoms with Crippen LogP contribution >= 0.6 is 0 Å². The van der Waals surface area contributed by atoms with E-state index in [1.807, 2.05) is 6.20 Å². The summed E-state index contributed by atoms with van der Waals surface area (Å²) in [4.78, 5) is 0. The summed E-state index contributed by atoms with van der Waals surface area (Å²) in [5, 5.41) is 13.4. The Morgan fingerprint density at radius 1 is 1.57 bits per heavy atom. The molecule has 1 atom stereocenters. The molecule has 0 aliphatic heterocycles. The summed E-state index contributed by atoms with van der Waals surface area (Å²) in [7, 11) is 0. The topological polar surface area (TPSA) is 47.3 Å². The smallest absolute Gasteiger partial charge is 0.0792 e. The van der Waals surface area contributed by atoms with Gasteiger partial charge in [0.15, 0.2) is 0 Å². The lowest BCUT2D eigenvalue weighted by Crippen LogP contribution is -2.06. The fourth-order valence-corrected chi connectivity index (χ4v) is 1.12. The van der Waals surface area contributed by atoms with Gasteiger partial charge in [0.2, 0.25) is 0 Å². The van der Waals surface area contributed by atoms with Gasteiger partial charge in [-0.3, -0.25) is 4.68 Å². The van der Waals surface area contributed by atoms with Gasteiger partial charge in [0.25, 0.3) is 0 Å². The first-order chi connectivity index (χ1) is 6.74. The lowest BCUT2D eigenvalue weighted by molar-refractivity contribution is 0.124. The SMILES string of the molecule is CCCOCCn1cc(C(C)O)cn1. The zero-order chi connectivity index (χ0) is 10.4. The second kappa shape index (κ2) is 5.78. The Hall–Kier alpha value is -0.870. The van der Waals surface area contributed by atoms with Crippen LogP contribution < -0.4 is 0 Å². The van der Waals surface area contributed by atoms with Crippen molar-refractivity contribution in [2.24, 2.45) is 0 Å². The van der Waals surface area contributed by atoms with Crippen LogP contribution in [-0.4, -0.2) is 28.1 Å². The summed E-state index contributed by atoms with van der Waals surface area (Å²) in [6, 6.07) is 0. The van der Waals surface area contributed by atoms with Crippen LogP contribution in [0.25, 0.3) is 0 Å². The second-order valence-corrected chi connectivity index (χ2v) is 3.33. The minimum Gasteiger partial charge on any atom is -0.389 e. The lowest BCUT2D eigenvalue weighted by atomic mass is 10.2. The van der Waals surface area contributed by atoms with Crippen molar-refractivity contribution in [2.75, 3.05) is 13.2 Å². The van der Waals surface area contributed by atoms with Gasteiger partial charge >= 0.3 is 0 Å². The van der Waals surface area contributed by atoms with Crippen LogP contribution in [0.4, 0.5) is 0 Å². The van der Waals surface area contributed by atoms with Crippen molar-refractivity contribution in [3.05, 3.63) is 18.0 Å². The van der Waals surface area contributed by atoms with Crippen molar-refractivity contribution in [3.8, 4) is 0 Å². The van der Waals surface area contributed by atoms with Gasteiger partial charge in [0.05, 0.1) is 25.5 Å². The third-order valence-electron chi connectivity index (χ3n) is 1.95. The highest BCUT2D eigenvalue weighted by Gasteiger charge is 2.03. The van der Waals surface area contributed by atoms with Crippen LogP contribution in [0.1, 0.15) is 31.9 Å². The van der Waals surface area contributed by atoms with E-state index in [2.05, 4.69) is 12.0 Å². The Labute approximate surface area is 84.5 Å². The number of aliphatic hydroxyl groups is 1. The number of ether oxygens (including phenoxy) is 1. The number of rotatable bonds is 6. The predicted octanol–water partition coefficient (Wildman–Crippen LogP) is 1.36. The molecule has 4 heteroatoms. The van der Waals surface area contributed by atoms with Gasteiger partial charge in [-0.2, -0.15) is 5.10 Å². The highest BCUT2D eigenvalue weighted by molar-refractivity contribution is 5.06. The van der Waals surface area contributed by atoms with E-state index in [0.29, 0.717) is 6.61 Å². The Balaban J connectivity index is 2.29. The van der Waals surface area contributed by atoms with Crippen molar-refractivity contribution < 1.29 is 9.84 Å². The molecule has 0 aromatic carbocycles. The third-order valence-corrected chi connectivity index (χ3v) is 1.95. The number of nitrogens with zero attached hydrogens (tertiary/aromatic N) is 2. The van der Waals surface area contributed by atoms with E-state index >= 15 is 0 Å². The van der Waals surface area contributed by atoms with Gasteiger partial charge < -0.3 is 9.84 Å². The number of aliphatic hydroxyl groups excluding tert-OH is 1. The molecule has 1 N–H and O–H groups in total. The molecule has 1 unspecified atom stereocenters. The highest BCUT2D eigenvalue weighted by Crippen LogP contribution is 2.09. The van der Waals surface area contributed by atoms with Gasteiger partial charge in [-0.25, -0.2) is 0 Å². The van der Waals surface area contributed by atoms with E-state index < -0.39 is 6.10 Å². The molecule has 0 radical (unpaired) electrons. The molecule has 0 amide bonds. The maximum absolute atomic E-state index is 9.26. The maximum Gasteiger partial charge on any atom is 0.0792 e. The van der Waals surface area contributed by atoms with Crippen LogP contribution in [0.2, 0.25) is 0 Å². The molecule has 14 heavy (non-hydrogen) atoms. The molecule has 4 nitrogen and oxygen atoms in total. The Morgan fingerprint density at radius 2 is 2.36 bits per heavy atom. The van der Waals surface area contributed by atoms with Crippen molar-refractivity contribution in [2.45, 2.75) is 32.9 Å². The summed E-state index contributed by atoms with van der Waals surface area (Å²) in [6.07, 6.45) is 4.13. The molecule has 1 rings (SSSR count). The van der Waals surface area contributed by atoms with Crippen molar-refractivity contribution in [1.29, 1.82) is 0 Å². The zero-order valence-electron chi connectivity index (χ0n) is 8.81. The minimum atomic E-state index is -0.444. The first-order valence-electron chi connectivity index (χ1n) is 5.02. The molecule has 0 bridgehead atoms. The van der Waals surface area contributed by atoms with Gasteiger partial charge in [0, 0.05) is 18.4 Å². The molecule has 1 aromatic heterocycles. The first-order valence-corrected chi connectivity index (χ1v) is 5.02. The van der Waals surface area contributed by atoms with Crippen molar-refractivity contribution >= 4 is 0 Å².